The summed E-state index contributed by atoms with van der Waals surface area (Å²) in [4.78, 5) is 0. The molecular formula is C20H23NO2. The molecular weight excluding hydrogens is 286 g/mol. The fourth-order valence-electron chi connectivity index (χ4n) is 3.67. The van der Waals surface area contributed by atoms with E-state index in [2.05, 4.69) is 41.7 Å². The Hall–Kier alpha value is -2.00. The third-order valence-electron chi connectivity index (χ3n) is 5.00. The van der Waals surface area contributed by atoms with Crippen LogP contribution in [0.2, 0.25) is 0 Å². The summed E-state index contributed by atoms with van der Waals surface area (Å²) in [5.74, 6) is 0.866. The third-order valence-corrected chi connectivity index (χ3v) is 5.00. The molecule has 0 amide bonds. The zero-order valence-corrected chi connectivity index (χ0v) is 13.3. The van der Waals surface area contributed by atoms with Crippen LogP contribution >= 0.6 is 0 Å². The zero-order chi connectivity index (χ0) is 15.6. The fraction of sp³-hybridized carbons (Fsp3) is 0.400. The lowest BCUT2D eigenvalue weighted by Gasteiger charge is -2.29. The molecule has 0 aromatic heterocycles. The van der Waals surface area contributed by atoms with Crippen LogP contribution in [-0.4, -0.2) is 17.3 Å². The Morgan fingerprint density at radius 2 is 1.70 bits per heavy atom. The first kappa shape index (κ1) is 14.6. The minimum atomic E-state index is -0.349. The van der Waals surface area contributed by atoms with Crippen molar-refractivity contribution in [1.82, 2.24) is 0 Å². The van der Waals surface area contributed by atoms with Crippen LogP contribution in [0.5, 0.6) is 5.75 Å². The van der Waals surface area contributed by atoms with Crippen molar-refractivity contribution in [3.8, 4) is 5.75 Å². The number of nitrogens with one attached hydrogen (secondary N) is 1. The quantitative estimate of drug-likeness (QED) is 0.873. The SMILES string of the molecule is O[C@@H]1CCCC[C@@H]1Oc1cccc2c1Nc1ccccc1CC2. The van der Waals surface area contributed by atoms with Crippen LogP contribution in [0, 0.1) is 0 Å². The second kappa shape index (κ2) is 6.25. The third kappa shape index (κ3) is 2.93. The zero-order valence-electron chi connectivity index (χ0n) is 13.3. The summed E-state index contributed by atoms with van der Waals surface area (Å²) in [5.41, 5.74) is 4.85. The molecule has 4 rings (SSSR count). The molecule has 0 radical (unpaired) electrons. The van der Waals surface area contributed by atoms with Crippen molar-refractivity contribution in [1.29, 1.82) is 0 Å². The van der Waals surface area contributed by atoms with E-state index < -0.39 is 0 Å². The number of hydrogen-bond acceptors (Lipinski definition) is 3. The predicted molar refractivity (Wildman–Crippen MR) is 92.5 cm³/mol. The molecule has 3 nitrogen and oxygen atoms in total. The van der Waals surface area contributed by atoms with Gasteiger partial charge in [0.25, 0.3) is 0 Å². The van der Waals surface area contributed by atoms with Gasteiger partial charge in [0.05, 0.1) is 11.8 Å². The van der Waals surface area contributed by atoms with Gasteiger partial charge in [0.15, 0.2) is 0 Å². The summed E-state index contributed by atoms with van der Waals surface area (Å²) in [7, 11) is 0. The average Bonchev–Trinajstić information content (AvgIpc) is 2.77. The van der Waals surface area contributed by atoms with Crippen LogP contribution in [0.25, 0.3) is 0 Å². The fourth-order valence-corrected chi connectivity index (χ4v) is 3.67. The first-order valence-corrected chi connectivity index (χ1v) is 8.63. The smallest absolute Gasteiger partial charge is 0.143 e. The van der Waals surface area contributed by atoms with Gasteiger partial charge in [-0.05, 0) is 55.4 Å². The number of aliphatic hydroxyl groups excluding tert-OH is 1. The molecule has 1 fully saturated rings. The topological polar surface area (TPSA) is 41.5 Å². The van der Waals surface area contributed by atoms with Gasteiger partial charge in [-0.25, -0.2) is 0 Å². The highest BCUT2D eigenvalue weighted by molar-refractivity contribution is 5.73. The van der Waals surface area contributed by atoms with Gasteiger partial charge in [-0.3, -0.25) is 0 Å². The highest BCUT2D eigenvalue weighted by Crippen LogP contribution is 2.38. The monoisotopic (exact) mass is 309 g/mol. The number of ether oxygens (including phenoxy) is 1. The second-order valence-electron chi connectivity index (χ2n) is 6.58. The molecule has 2 aliphatic rings. The number of rotatable bonds is 2. The second-order valence-corrected chi connectivity index (χ2v) is 6.58. The molecule has 1 heterocycles. The van der Waals surface area contributed by atoms with E-state index in [1.165, 1.54) is 11.1 Å². The molecule has 2 aromatic carbocycles. The normalized spacial score (nSPS) is 23.2. The Balaban J connectivity index is 1.65. The van der Waals surface area contributed by atoms with Gasteiger partial charge in [0, 0.05) is 5.69 Å². The Morgan fingerprint density at radius 3 is 2.61 bits per heavy atom. The Labute approximate surface area is 137 Å². The average molecular weight is 309 g/mol. The molecule has 2 atom stereocenters. The summed E-state index contributed by atoms with van der Waals surface area (Å²) < 4.78 is 6.22. The van der Waals surface area contributed by atoms with Crippen molar-refractivity contribution in [3.63, 3.8) is 0 Å². The van der Waals surface area contributed by atoms with Crippen molar-refractivity contribution in [2.45, 2.75) is 50.7 Å². The van der Waals surface area contributed by atoms with Crippen molar-refractivity contribution in [3.05, 3.63) is 53.6 Å². The van der Waals surface area contributed by atoms with E-state index in [-0.39, 0.29) is 12.2 Å². The van der Waals surface area contributed by atoms with E-state index in [1.807, 2.05) is 6.07 Å². The number of hydrogen-bond donors (Lipinski definition) is 2. The first-order valence-electron chi connectivity index (χ1n) is 8.63. The lowest BCUT2D eigenvalue weighted by molar-refractivity contribution is 0.00724. The molecule has 1 aliphatic heterocycles. The van der Waals surface area contributed by atoms with Crippen LogP contribution in [-0.2, 0) is 12.8 Å². The maximum Gasteiger partial charge on any atom is 0.143 e. The molecule has 0 saturated heterocycles. The van der Waals surface area contributed by atoms with Crippen molar-refractivity contribution in [2.24, 2.45) is 0 Å². The number of para-hydroxylation sites is 2. The van der Waals surface area contributed by atoms with Crippen LogP contribution < -0.4 is 10.1 Å². The van der Waals surface area contributed by atoms with Gasteiger partial charge in [0.2, 0.25) is 0 Å². The number of aryl methyl sites for hydroxylation is 2. The molecule has 2 aromatic rings. The van der Waals surface area contributed by atoms with Gasteiger partial charge in [-0.1, -0.05) is 36.8 Å². The molecule has 2 N–H and O–H groups in total. The minimum absolute atomic E-state index is 0.0875. The number of aliphatic hydroxyl groups is 1. The molecule has 23 heavy (non-hydrogen) atoms. The molecule has 0 unspecified atom stereocenters. The van der Waals surface area contributed by atoms with E-state index in [0.717, 1.165) is 55.6 Å². The largest absolute Gasteiger partial charge is 0.486 e. The summed E-state index contributed by atoms with van der Waals surface area (Å²) in [6.07, 6.45) is 5.60. The Morgan fingerprint density at radius 1 is 0.913 bits per heavy atom. The molecule has 1 saturated carbocycles. The van der Waals surface area contributed by atoms with Crippen LogP contribution in [0.15, 0.2) is 42.5 Å². The molecule has 3 heteroatoms. The minimum Gasteiger partial charge on any atom is -0.486 e. The highest BCUT2D eigenvalue weighted by Gasteiger charge is 2.26. The van der Waals surface area contributed by atoms with E-state index in [4.69, 9.17) is 4.74 Å². The van der Waals surface area contributed by atoms with Crippen molar-refractivity contribution >= 4 is 11.4 Å². The van der Waals surface area contributed by atoms with E-state index >= 15 is 0 Å². The Kier molecular flexibility index (Phi) is 3.96. The van der Waals surface area contributed by atoms with Crippen LogP contribution in [0.1, 0.15) is 36.8 Å². The standard InChI is InChI=1S/C20H23NO2/c22-17-9-3-4-10-18(17)23-19-11-5-7-15-13-12-14-6-1-2-8-16(14)21-20(15)19/h1-2,5-8,11,17-18,21-22H,3-4,9-10,12-13H2/t17-,18+/m1/s1. The lowest BCUT2D eigenvalue weighted by atomic mass is 9.95. The number of anilines is 2. The predicted octanol–water partition coefficient (Wildman–Crippen LogP) is 4.21. The summed E-state index contributed by atoms with van der Waals surface area (Å²) in [5, 5.41) is 13.8. The van der Waals surface area contributed by atoms with E-state index in [1.54, 1.807) is 0 Å². The highest BCUT2D eigenvalue weighted by atomic mass is 16.5. The van der Waals surface area contributed by atoms with Gasteiger partial charge >= 0.3 is 0 Å². The maximum absolute atomic E-state index is 10.2. The maximum atomic E-state index is 10.2. The van der Waals surface area contributed by atoms with Gasteiger partial charge in [-0.2, -0.15) is 0 Å². The lowest BCUT2D eigenvalue weighted by Crippen LogP contribution is -2.34. The van der Waals surface area contributed by atoms with Crippen LogP contribution in [0.3, 0.4) is 0 Å². The van der Waals surface area contributed by atoms with Crippen LogP contribution in [0.4, 0.5) is 11.4 Å². The van der Waals surface area contributed by atoms with Gasteiger partial charge in [-0.15, -0.1) is 0 Å². The summed E-state index contributed by atoms with van der Waals surface area (Å²) in [6, 6.07) is 14.7. The van der Waals surface area contributed by atoms with Gasteiger partial charge < -0.3 is 15.2 Å². The molecule has 1 aliphatic carbocycles. The van der Waals surface area contributed by atoms with Crippen molar-refractivity contribution in [2.75, 3.05) is 5.32 Å². The molecule has 120 valence electrons. The molecule has 0 spiro atoms. The summed E-state index contributed by atoms with van der Waals surface area (Å²) >= 11 is 0. The number of fused-ring (bicyclic) bond motifs is 2. The number of benzene rings is 2. The van der Waals surface area contributed by atoms with E-state index in [9.17, 15) is 5.11 Å². The summed E-state index contributed by atoms with van der Waals surface area (Å²) in [6.45, 7) is 0. The van der Waals surface area contributed by atoms with E-state index in [0.29, 0.717) is 0 Å². The first-order chi connectivity index (χ1) is 11.3. The van der Waals surface area contributed by atoms with Crippen molar-refractivity contribution < 1.29 is 9.84 Å². The van der Waals surface area contributed by atoms with Gasteiger partial charge in [0.1, 0.15) is 11.9 Å². The molecule has 0 bridgehead atoms. The Bertz CT molecular complexity index is 698.